The van der Waals surface area contributed by atoms with Gasteiger partial charge in [0.1, 0.15) is 30.8 Å². The van der Waals surface area contributed by atoms with Gasteiger partial charge in [-0.15, -0.1) is 0 Å². The van der Waals surface area contributed by atoms with Crippen molar-refractivity contribution < 1.29 is 24.8 Å². The second-order valence-electron chi connectivity index (χ2n) is 11.4. The molecule has 2 atom stereocenters. The third-order valence-corrected chi connectivity index (χ3v) is 7.27. The number of aliphatic hydroxyl groups excluding tert-OH is 2. The Balaban J connectivity index is 2.30. The van der Waals surface area contributed by atoms with E-state index in [1.807, 2.05) is 39.8 Å². The van der Waals surface area contributed by atoms with Gasteiger partial charge in [-0.05, 0) is 80.3 Å². The molecule has 0 spiro atoms. The first-order chi connectivity index (χ1) is 16.2. The van der Waals surface area contributed by atoms with Crippen molar-refractivity contribution in [1.82, 2.24) is 0 Å². The molecule has 2 aromatic rings. The summed E-state index contributed by atoms with van der Waals surface area (Å²) in [6.45, 7) is 17.9. The number of aliphatic hydroxyl groups is 3. The zero-order valence-corrected chi connectivity index (χ0v) is 23.1. The third-order valence-electron chi connectivity index (χ3n) is 7.27. The van der Waals surface area contributed by atoms with E-state index in [1.165, 1.54) is 11.1 Å². The van der Waals surface area contributed by atoms with Crippen LogP contribution in [0.25, 0.3) is 0 Å². The van der Waals surface area contributed by atoms with E-state index in [-0.39, 0.29) is 24.0 Å². The lowest BCUT2D eigenvalue weighted by Gasteiger charge is -2.34. The Labute approximate surface area is 212 Å². The maximum atomic E-state index is 10.3. The molecule has 0 amide bonds. The number of rotatable bonds is 11. The van der Waals surface area contributed by atoms with Crippen LogP contribution in [-0.2, 0) is 5.41 Å². The molecule has 0 aromatic heterocycles. The summed E-state index contributed by atoms with van der Waals surface area (Å²) in [7, 11) is 0. The molecule has 2 rings (SSSR count). The van der Waals surface area contributed by atoms with E-state index in [0.717, 1.165) is 29.7 Å². The van der Waals surface area contributed by atoms with Gasteiger partial charge < -0.3 is 24.8 Å². The fourth-order valence-corrected chi connectivity index (χ4v) is 4.24. The van der Waals surface area contributed by atoms with Gasteiger partial charge >= 0.3 is 0 Å². The minimum Gasteiger partial charge on any atom is -0.491 e. The van der Waals surface area contributed by atoms with E-state index in [2.05, 4.69) is 45.0 Å². The van der Waals surface area contributed by atoms with Crippen LogP contribution in [0.1, 0.15) is 83.6 Å². The maximum absolute atomic E-state index is 10.3. The summed E-state index contributed by atoms with van der Waals surface area (Å²) in [5, 5.41) is 30.4. The highest BCUT2D eigenvalue weighted by atomic mass is 16.5. The first kappa shape index (κ1) is 29.2. The van der Waals surface area contributed by atoms with Gasteiger partial charge in [0.2, 0.25) is 0 Å². The summed E-state index contributed by atoms with van der Waals surface area (Å²) in [4.78, 5) is 0. The molecular weight excluding hydrogens is 440 g/mol. The Hall–Kier alpha value is -2.08. The quantitative estimate of drug-likeness (QED) is 0.379. The van der Waals surface area contributed by atoms with Crippen LogP contribution in [0.3, 0.4) is 0 Å². The Kier molecular flexibility index (Phi) is 9.43. The van der Waals surface area contributed by atoms with Crippen molar-refractivity contribution in [3.05, 3.63) is 58.7 Å². The van der Waals surface area contributed by atoms with E-state index in [0.29, 0.717) is 5.75 Å². The van der Waals surface area contributed by atoms with Crippen LogP contribution in [0.2, 0.25) is 0 Å². The molecule has 0 saturated carbocycles. The van der Waals surface area contributed by atoms with Crippen molar-refractivity contribution in [3.8, 4) is 11.5 Å². The summed E-state index contributed by atoms with van der Waals surface area (Å²) in [5.41, 5.74) is 2.88. The summed E-state index contributed by atoms with van der Waals surface area (Å²) in [6, 6.07) is 12.6. The topological polar surface area (TPSA) is 79.2 Å². The van der Waals surface area contributed by atoms with Crippen molar-refractivity contribution in [1.29, 1.82) is 0 Å². The first-order valence-corrected chi connectivity index (χ1v) is 12.7. The van der Waals surface area contributed by atoms with E-state index < -0.39 is 17.8 Å². The van der Waals surface area contributed by atoms with Crippen LogP contribution in [0.5, 0.6) is 11.5 Å². The molecule has 0 aliphatic heterocycles. The highest BCUT2D eigenvalue weighted by Gasteiger charge is 2.32. The van der Waals surface area contributed by atoms with Crippen LogP contribution in [0.4, 0.5) is 0 Å². The predicted molar refractivity (Wildman–Crippen MR) is 142 cm³/mol. The molecule has 1 unspecified atom stereocenters. The number of hydrogen-bond acceptors (Lipinski definition) is 5. The van der Waals surface area contributed by atoms with Crippen molar-refractivity contribution in [2.75, 3.05) is 13.2 Å². The zero-order valence-electron chi connectivity index (χ0n) is 23.1. The van der Waals surface area contributed by atoms with E-state index in [4.69, 9.17) is 9.47 Å². The van der Waals surface area contributed by atoms with Gasteiger partial charge in [0.25, 0.3) is 0 Å². The first-order valence-electron chi connectivity index (χ1n) is 12.7. The van der Waals surface area contributed by atoms with E-state index in [9.17, 15) is 15.3 Å². The molecule has 0 saturated heterocycles. The van der Waals surface area contributed by atoms with Crippen molar-refractivity contribution in [3.63, 3.8) is 0 Å². The average molecular weight is 487 g/mol. The normalized spacial score (nSPS) is 14.5. The van der Waals surface area contributed by atoms with E-state index in [1.54, 1.807) is 13.8 Å². The van der Waals surface area contributed by atoms with Gasteiger partial charge in [-0.2, -0.15) is 0 Å². The predicted octanol–water partition coefficient (Wildman–Crippen LogP) is 5.71. The molecule has 2 aromatic carbocycles. The molecule has 35 heavy (non-hydrogen) atoms. The fraction of sp³-hybridized carbons (Fsp3) is 0.600. The van der Waals surface area contributed by atoms with Gasteiger partial charge in [0, 0.05) is 5.41 Å². The molecule has 0 aliphatic rings. The lowest BCUT2D eigenvalue weighted by Crippen LogP contribution is -2.40. The molecule has 196 valence electrons. The van der Waals surface area contributed by atoms with E-state index >= 15 is 0 Å². The Bertz CT molecular complexity index is 888. The third kappa shape index (κ3) is 6.99. The smallest absolute Gasteiger partial charge is 0.122 e. The van der Waals surface area contributed by atoms with Gasteiger partial charge in [0.05, 0.1) is 11.7 Å². The van der Waals surface area contributed by atoms with Crippen molar-refractivity contribution >= 4 is 0 Å². The Morgan fingerprint density at radius 1 is 0.714 bits per heavy atom. The number of hydrogen-bond donors (Lipinski definition) is 3. The second-order valence-corrected chi connectivity index (χ2v) is 11.4. The minimum absolute atomic E-state index is 0.0287. The fourth-order valence-electron chi connectivity index (χ4n) is 4.24. The zero-order chi connectivity index (χ0) is 26.6. The molecule has 0 bridgehead atoms. The lowest BCUT2D eigenvalue weighted by molar-refractivity contribution is -0.0662. The maximum Gasteiger partial charge on any atom is 0.122 e. The monoisotopic (exact) mass is 486 g/mol. The van der Waals surface area contributed by atoms with Crippen LogP contribution < -0.4 is 9.47 Å². The highest BCUT2D eigenvalue weighted by Crippen LogP contribution is 2.41. The van der Waals surface area contributed by atoms with Crippen LogP contribution in [0, 0.1) is 19.3 Å². The highest BCUT2D eigenvalue weighted by molar-refractivity contribution is 5.48. The van der Waals surface area contributed by atoms with Crippen LogP contribution in [-0.4, -0.2) is 46.3 Å². The largest absolute Gasteiger partial charge is 0.491 e. The Morgan fingerprint density at radius 2 is 1.11 bits per heavy atom. The van der Waals surface area contributed by atoms with Crippen molar-refractivity contribution in [2.24, 2.45) is 5.41 Å². The molecule has 3 N–H and O–H groups in total. The van der Waals surface area contributed by atoms with Crippen molar-refractivity contribution in [2.45, 2.75) is 98.4 Å². The number of ether oxygens (including phenoxy) is 2. The van der Waals surface area contributed by atoms with Crippen LogP contribution in [0.15, 0.2) is 36.4 Å². The molecule has 0 heterocycles. The van der Waals surface area contributed by atoms with Gasteiger partial charge in [-0.1, -0.05) is 58.9 Å². The SMILES string of the molecule is CCC(CC)(c1ccc(OCC(O)C(C)(C)O)c(C)c1)c1ccc(OC[C@H](O)C(C)(C)C)c(C)c1. The molecule has 5 nitrogen and oxygen atoms in total. The minimum atomic E-state index is -1.22. The second kappa shape index (κ2) is 11.3. The summed E-state index contributed by atoms with van der Waals surface area (Å²) < 4.78 is 11.8. The van der Waals surface area contributed by atoms with Gasteiger partial charge in [0.15, 0.2) is 0 Å². The van der Waals surface area contributed by atoms with Crippen LogP contribution >= 0.6 is 0 Å². The summed E-state index contributed by atoms with van der Waals surface area (Å²) in [6.07, 6.45) is 0.353. The standard InChI is InChI=1S/C30H46O5/c1-10-30(11-2,22-12-14-24(20(3)16-22)34-18-26(31)28(5,6)7)23-13-15-25(21(4)17-23)35-19-27(32)29(8,9)33/h12-17,26-27,31-33H,10-11,18-19H2,1-9H3/t26-,27?/m0/s1. The average Bonchev–Trinajstić information content (AvgIpc) is 2.77. The number of aryl methyl sites for hydroxylation is 2. The molecule has 0 fully saturated rings. The lowest BCUT2D eigenvalue weighted by atomic mass is 9.70. The summed E-state index contributed by atoms with van der Waals surface area (Å²) in [5.74, 6) is 1.50. The molecule has 0 aliphatic carbocycles. The van der Waals surface area contributed by atoms with Gasteiger partial charge in [-0.25, -0.2) is 0 Å². The molecular formula is C30H46O5. The number of benzene rings is 2. The molecule has 0 radical (unpaired) electrons. The van der Waals surface area contributed by atoms with Gasteiger partial charge in [-0.3, -0.25) is 0 Å². The summed E-state index contributed by atoms with van der Waals surface area (Å²) >= 11 is 0. The Morgan fingerprint density at radius 3 is 1.43 bits per heavy atom. The molecule has 5 heteroatoms.